The molecule has 0 heterocycles. The molecule has 0 aliphatic rings. The molecule has 1 atom stereocenters. The number of benzene rings is 3. The summed E-state index contributed by atoms with van der Waals surface area (Å²) in [6.45, 7) is 7.09. The van der Waals surface area contributed by atoms with Crippen LogP contribution in [0, 0.1) is 12.8 Å². The molecule has 0 bridgehead atoms. The molecule has 1 unspecified atom stereocenters. The first kappa shape index (κ1) is 27.6. The third kappa shape index (κ3) is 8.29. The lowest BCUT2D eigenvalue weighted by Gasteiger charge is -2.24. The molecular weight excluding hydrogens is 450 g/mol. The van der Waals surface area contributed by atoms with Crippen molar-refractivity contribution in [3.63, 3.8) is 0 Å². The Morgan fingerprint density at radius 2 is 1.24 bits per heavy atom. The Balaban J connectivity index is 0.00000199. The largest absolute Gasteiger partial charge is 0.494 e. The maximum atomic E-state index is 6.03. The van der Waals surface area contributed by atoms with Crippen LogP contribution in [0.5, 0.6) is 0 Å². The van der Waals surface area contributed by atoms with E-state index in [1.807, 2.05) is 0 Å². The maximum absolute atomic E-state index is 6.03. The van der Waals surface area contributed by atoms with Crippen molar-refractivity contribution in [1.29, 1.82) is 0 Å². The van der Waals surface area contributed by atoms with Crippen molar-refractivity contribution in [3.8, 4) is 12.8 Å². The Bertz CT molecular complexity index is 985. The standard InChI is InChI=1S/C29H34OP2.C2H2/c1-4-16-29(30-5-2)25(3)31(26-17-9-6-10-18-26)23-15-24-32(27-19-11-7-12-20-27)28-21-13-8-14-22-28;1-2/h4,6-14,16-22H,5,15,23-24H2,1-3H3;1-2H/b16-4-,29-25-;. The first-order valence-electron chi connectivity index (χ1n) is 11.7. The maximum Gasteiger partial charge on any atom is 0.122 e. The second kappa shape index (κ2) is 16.1. The fraction of sp³-hybridized carbons (Fsp3) is 0.226. The van der Waals surface area contributed by atoms with E-state index >= 15 is 0 Å². The summed E-state index contributed by atoms with van der Waals surface area (Å²) in [6.07, 6.45) is 15.8. The number of hydrogen-bond donors (Lipinski definition) is 0. The predicted octanol–water partition coefficient (Wildman–Crippen LogP) is 7.41. The molecule has 0 saturated carbocycles. The third-order valence-electron chi connectivity index (χ3n) is 5.35. The quantitative estimate of drug-likeness (QED) is 0.119. The zero-order valence-electron chi connectivity index (χ0n) is 20.6. The molecule has 0 aromatic heterocycles. The van der Waals surface area contributed by atoms with Gasteiger partial charge < -0.3 is 4.74 Å². The lowest BCUT2D eigenvalue weighted by Crippen LogP contribution is -2.15. The van der Waals surface area contributed by atoms with Crippen molar-refractivity contribution < 1.29 is 4.74 Å². The Labute approximate surface area is 209 Å². The molecule has 0 spiro atoms. The van der Waals surface area contributed by atoms with Crippen LogP contribution in [0.2, 0.25) is 0 Å². The van der Waals surface area contributed by atoms with E-state index < -0.39 is 7.92 Å². The van der Waals surface area contributed by atoms with Gasteiger partial charge in [-0.3, -0.25) is 0 Å². The molecule has 0 saturated heterocycles. The van der Waals surface area contributed by atoms with Gasteiger partial charge in [-0.1, -0.05) is 97.1 Å². The van der Waals surface area contributed by atoms with Gasteiger partial charge in [0.15, 0.2) is 0 Å². The molecule has 0 aliphatic carbocycles. The molecule has 3 aromatic rings. The van der Waals surface area contributed by atoms with E-state index in [1.165, 1.54) is 40.0 Å². The summed E-state index contributed by atoms with van der Waals surface area (Å²) in [6, 6.07) is 33.1. The summed E-state index contributed by atoms with van der Waals surface area (Å²) in [7, 11) is -0.784. The van der Waals surface area contributed by atoms with Crippen molar-refractivity contribution in [2.24, 2.45) is 0 Å². The highest BCUT2D eigenvalue weighted by molar-refractivity contribution is 7.73. The smallest absolute Gasteiger partial charge is 0.122 e. The van der Waals surface area contributed by atoms with Gasteiger partial charge in [0.1, 0.15) is 5.76 Å². The highest BCUT2D eigenvalue weighted by Gasteiger charge is 2.19. The molecule has 0 N–H and O–H groups in total. The molecule has 0 aliphatic heterocycles. The average Bonchev–Trinajstić information content (AvgIpc) is 2.91. The molecule has 3 aromatic carbocycles. The highest BCUT2D eigenvalue weighted by atomic mass is 31.1. The molecule has 0 fully saturated rings. The Morgan fingerprint density at radius 3 is 1.68 bits per heavy atom. The molecule has 1 nitrogen and oxygen atoms in total. The Kier molecular flexibility index (Phi) is 13.0. The normalized spacial score (nSPS) is 12.5. The Morgan fingerprint density at radius 1 is 0.765 bits per heavy atom. The zero-order chi connectivity index (χ0) is 24.6. The highest BCUT2D eigenvalue weighted by Crippen LogP contribution is 2.47. The third-order valence-corrected chi connectivity index (χ3v) is 10.7. The van der Waals surface area contributed by atoms with Crippen LogP contribution in [0.25, 0.3) is 0 Å². The monoisotopic (exact) mass is 486 g/mol. The van der Waals surface area contributed by atoms with Crippen LogP contribution in [0.4, 0.5) is 0 Å². The summed E-state index contributed by atoms with van der Waals surface area (Å²) in [5.74, 6) is 1.04. The second-order valence-electron chi connectivity index (χ2n) is 7.55. The summed E-state index contributed by atoms with van der Waals surface area (Å²) in [4.78, 5) is 0. The van der Waals surface area contributed by atoms with E-state index in [0.717, 1.165) is 5.76 Å². The molecule has 3 rings (SSSR count). The predicted molar refractivity (Wildman–Crippen MR) is 155 cm³/mol. The van der Waals surface area contributed by atoms with Gasteiger partial charge in [0.25, 0.3) is 0 Å². The fourth-order valence-electron chi connectivity index (χ4n) is 3.82. The van der Waals surface area contributed by atoms with Crippen molar-refractivity contribution >= 4 is 31.8 Å². The molecule has 34 heavy (non-hydrogen) atoms. The number of hydrogen-bond acceptors (Lipinski definition) is 1. The van der Waals surface area contributed by atoms with E-state index in [0.29, 0.717) is 6.61 Å². The summed E-state index contributed by atoms with van der Waals surface area (Å²) in [5.41, 5.74) is 0. The van der Waals surface area contributed by atoms with Gasteiger partial charge in [-0.2, -0.15) is 0 Å². The summed E-state index contributed by atoms with van der Waals surface area (Å²) >= 11 is 0. The van der Waals surface area contributed by atoms with Crippen molar-refractivity contribution in [3.05, 3.63) is 114 Å². The number of ether oxygens (including phenoxy) is 1. The summed E-state index contributed by atoms with van der Waals surface area (Å²) < 4.78 is 6.03. The van der Waals surface area contributed by atoms with E-state index in [4.69, 9.17) is 4.74 Å². The van der Waals surface area contributed by atoms with Gasteiger partial charge in [0, 0.05) is 0 Å². The van der Waals surface area contributed by atoms with Gasteiger partial charge in [-0.25, -0.2) is 0 Å². The lowest BCUT2D eigenvalue weighted by molar-refractivity contribution is 0.241. The van der Waals surface area contributed by atoms with E-state index in [-0.39, 0.29) is 7.92 Å². The second-order valence-corrected chi connectivity index (χ2v) is 12.4. The van der Waals surface area contributed by atoms with Crippen LogP contribution < -0.4 is 15.9 Å². The van der Waals surface area contributed by atoms with Crippen LogP contribution in [0.3, 0.4) is 0 Å². The van der Waals surface area contributed by atoms with Crippen LogP contribution in [0.1, 0.15) is 27.2 Å². The van der Waals surface area contributed by atoms with Gasteiger partial charge in [0.2, 0.25) is 0 Å². The number of terminal acetylenes is 1. The van der Waals surface area contributed by atoms with Gasteiger partial charge in [0.05, 0.1) is 6.61 Å². The topological polar surface area (TPSA) is 9.23 Å². The van der Waals surface area contributed by atoms with Crippen molar-refractivity contribution in [2.45, 2.75) is 27.2 Å². The van der Waals surface area contributed by atoms with Crippen molar-refractivity contribution in [2.75, 3.05) is 18.9 Å². The molecule has 0 amide bonds. The van der Waals surface area contributed by atoms with Gasteiger partial charge >= 0.3 is 0 Å². The fourth-order valence-corrected chi connectivity index (χ4v) is 8.82. The minimum atomic E-state index is -0.434. The molecule has 3 heteroatoms. The zero-order valence-corrected chi connectivity index (χ0v) is 22.4. The first-order chi connectivity index (χ1) is 16.7. The van der Waals surface area contributed by atoms with Gasteiger partial charge in [-0.15, -0.1) is 12.8 Å². The van der Waals surface area contributed by atoms with E-state index in [9.17, 15) is 0 Å². The first-order valence-corrected chi connectivity index (χ1v) is 14.8. The lowest BCUT2D eigenvalue weighted by atomic mass is 10.4. The minimum Gasteiger partial charge on any atom is -0.494 e. The minimum absolute atomic E-state index is 0.349. The molecular formula is C31H36OP2. The molecule has 176 valence electrons. The average molecular weight is 487 g/mol. The van der Waals surface area contributed by atoms with Crippen LogP contribution >= 0.6 is 15.8 Å². The van der Waals surface area contributed by atoms with E-state index in [1.54, 1.807) is 0 Å². The van der Waals surface area contributed by atoms with Gasteiger partial charge in [-0.05, 0) is 82.7 Å². The van der Waals surface area contributed by atoms with Crippen LogP contribution in [-0.2, 0) is 4.74 Å². The van der Waals surface area contributed by atoms with Crippen LogP contribution in [0.15, 0.2) is 114 Å². The van der Waals surface area contributed by atoms with Crippen molar-refractivity contribution in [1.82, 2.24) is 0 Å². The summed E-state index contributed by atoms with van der Waals surface area (Å²) in [5, 5.41) is 5.75. The SMILES string of the molecule is C#C.C/C=C\C(OCC)=C(/C)P(CCCP(c1ccccc1)c1ccccc1)c1ccccc1. The van der Waals surface area contributed by atoms with E-state index in [2.05, 4.69) is 137 Å². The number of allylic oxidation sites excluding steroid dienone is 3. The van der Waals surface area contributed by atoms with Crippen LogP contribution in [-0.4, -0.2) is 18.9 Å². The Hall–Kier alpha value is -2.64. The number of rotatable bonds is 11. The molecule has 0 radical (unpaired) electrons.